The molecule has 3 aliphatic heterocycles. The Labute approximate surface area is 487 Å². The van der Waals surface area contributed by atoms with Gasteiger partial charge in [-0.1, -0.05) is 118 Å². The maximum Gasteiger partial charge on any atom is 0.295 e. The van der Waals surface area contributed by atoms with Gasteiger partial charge in [0.2, 0.25) is 21.6 Å². The van der Waals surface area contributed by atoms with E-state index >= 15 is 0 Å². The Morgan fingerprint density at radius 3 is 1.93 bits per heavy atom. The molecule has 0 radical (unpaired) electrons. The lowest BCUT2D eigenvalue weighted by Gasteiger charge is -2.42. The highest BCUT2D eigenvalue weighted by Gasteiger charge is 2.47. The van der Waals surface area contributed by atoms with E-state index in [4.69, 9.17) is 0 Å². The van der Waals surface area contributed by atoms with Crippen molar-refractivity contribution in [2.75, 3.05) is 50.4 Å². The fourth-order valence-electron chi connectivity index (χ4n) is 12.8. The van der Waals surface area contributed by atoms with Gasteiger partial charge in [0.1, 0.15) is 17.0 Å². The highest BCUT2D eigenvalue weighted by Crippen LogP contribution is 2.52. The van der Waals surface area contributed by atoms with Crippen LogP contribution in [0.3, 0.4) is 0 Å². The summed E-state index contributed by atoms with van der Waals surface area (Å²) in [5.74, 6) is -0.726. The topological polar surface area (TPSA) is 247 Å². The first-order valence-corrected chi connectivity index (χ1v) is 33.6. The van der Waals surface area contributed by atoms with Gasteiger partial charge >= 0.3 is 0 Å². The highest BCUT2D eigenvalue weighted by atomic mass is 32.2. The number of nitrogens with zero attached hydrogens (tertiary/aromatic N) is 4. The number of likely N-dealkylation sites (tertiary alicyclic amines) is 1. The fourth-order valence-corrected chi connectivity index (χ4v) is 16.0. The molecule has 0 saturated carbocycles. The van der Waals surface area contributed by atoms with Gasteiger partial charge in [0.15, 0.2) is 5.71 Å². The number of allylic oxidation sites excluding steroid dienone is 6. The van der Waals surface area contributed by atoms with Crippen LogP contribution in [-0.4, -0.2) is 123 Å². The number of fused-ring (bicyclic) bond motifs is 6. The van der Waals surface area contributed by atoms with Gasteiger partial charge in [0, 0.05) is 91.3 Å². The van der Waals surface area contributed by atoms with Crippen molar-refractivity contribution in [3.05, 3.63) is 174 Å². The highest BCUT2D eigenvalue weighted by molar-refractivity contribution is 7.89. The summed E-state index contributed by atoms with van der Waals surface area (Å²) in [6.07, 6.45) is 11.8. The monoisotopic (exact) mass is 1210 g/mol. The predicted molar refractivity (Wildman–Crippen MR) is 323 cm³/mol. The van der Waals surface area contributed by atoms with Crippen molar-refractivity contribution in [1.82, 2.24) is 9.21 Å². The summed E-state index contributed by atoms with van der Waals surface area (Å²) in [5.41, 5.74) is 3.18. The van der Waals surface area contributed by atoms with E-state index in [1.54, 1.807) is 42.3 Å². The smallest absolute Gasteiger partial charge is 0.295 e. The summed E-state index contributed by atoms with van der Waals surface area (Å²) in [6, 6.07) is 33.3. The van der Waals surface area contributed by atoms with Gasteiger partial charge in [-0.15, -0.1) is 0 Å². The average molecular weight is 1210 g/mol. The number of benzene rings is 6. The molecule has 1 saturated heterocycles. The Morgan fingerprint density at radius 2 is 1.33 bits per heavy atom. The van der Waals surface area contributed by atoms with Gasteiger partial charge in [0.25, 0.3) is 30.4 Å². The molecule has 0 aromatic heterocycles. The van der Waals surface area contributed by atoms with E-state index in [-0.39, 0.29) is 53.4 Å². The Hall–Kier alpha value is -6.40. The fraction of sp³-hybridized carbons (Fsp3) is 0.355. The molecule has 0 bridgehead atoms. The summed E-state index contributed by atoms with van der Waals surface area (Å²) in [4.78, 5) is 16.0. The van der Waals surface area contributed by atoms with Crippen LogP contribution in [0.1, 0.15) is 95.4 Å². The summed E-state index contributed by atoms with van der Waals surface area (Å²) in [5, 5.41) is 13.8. The Kier molecular flexibility index (Phi) is 17.1. The summed E-state index contributed by atoms with van der Waals surface area (Å²) in [7, 11) is -16.8. The first kappa shape index (κ1) is 61.2. The minimum absolute atomic E-state index is 0.000370. The molecule has 3 heterocycles. The van der Waals surface area contributed by atoms with Crippen LogP contribution >= 0.6 is 0 Å². The van der Waals surface area contributed by atoms with Crippen LogP contribution < -0.4 is 4.90 Å². The number of piperidine rings is 1. The lowest BCUT2D eigenvalue weighted by atomic mass is 9.72. The van der Waals surface area contributed by atoms with Crippen LogP contribution in [0.25, 0.3) is 21.5 Å². The van der Waals surface area contributed by atoms with Gasteiger partial charge in [-0.25, -0.2) is 12.7 Å². The Bertz CT molecular complexity index is 4080. The standard InChI is InChI=1S/C62H70N4O13S4/c1-7-35-65-51-31-29-47-49(24-17-25-53(47)81(72,73)63(6)36-18-28-57(67)64-38-33-45(34-39-64)62(68,43-20-11-8-12-21-43)44-22-13-9-14-23-44)58(51)60(2,3)55(65)26-15-10-16-27-56-61(4,5)59-50-41-46(82(74,75)76)42-54(83(77,78)79)48(50)30-32-52(59)66(56)37-19-40-80(69,70)71/h8-17,20-27,29-32,41-42,45,68H,7,18-19,28,33-40H2,1-6H3,(H2-,69,70,71,74,75,76,77,78,79)/p+1. The number of hydrogen-bond acceptors (Lipinski definition) is 11. The maximum atomic E-state index is 14.5. The van der Waals surface area contributed by atoms with E-state index in [2.05, 4.69) is 25.3 Å². The number of anilines is 1. The molecule has 0 unspecified atom stereocenters. The van der Waals surface area contributed by atoms with E-state index in [0.717, 1.165) is 46.0 Å². The summed E-state index contributed by atoms with van der Waals surface area (Å²) in [6.45, 7) is 11.7. The van der Waals surface area contributed by atoms with Crippen LogP contribution in [0, 0.1) is 5.92 Å². The number of sulfonamides is 1. The van der Waals surface area contributed by atoms with Crippen molar-refractivity contribution in [2.24, 2.45) is 5.92 Å². The van der Waals surface area contributed by atoms with E-state index in [0.29, 0.717) is 67.3 Å². The number of carbonyl (C=O) groups excluding carboxylic acids is 1. The second-order valence-electron chi connectivity index (χ2n) is 22.7. The van der Waals surface area contributed by atoms with Crippen molar-refractivity contribution in [3.63, 3.8) is 0 Å². The quantitative estimate of drug-likeness (QED) is 0.0316. The van der Waals surface area contributed by atoms with E-state index < -0.39 is 72.4 Å². The van der Waals surface area contributed by atoms with E-state index in [1.165, 1.54) is 10.4 Å². The number of amides is 1. The molecular formula is C62H71N4O13S4+. The molecule has 1 fully saturated rings. The van der Waals surface area contributed by atoms with Crippen LogP contribution in [0.2, 0.25) is 0 Å². The molecule has 6 aromatic carbocycles. The molecule has 0 aliphatic carbocycles. The van der Waals surface area contributed by atoms with Crippen LogP contribution in [0.4, 0.5) is 11.4 Å². The minimum atomic E-state index is -4.99. The van der Waals surface area contributed by atoms with Gasteiger partial charge in [-0.3, -0.25) is 18.5 Å². The third kappa shape index (κ3) is 11.9. The Morgan fingerprint density at radius 1 is 0.699 bits per heavy atom. The number of hydrogen-bond donors (Lipinski definition) is 4. The average Bonchev–Trinajstić information content (AvgIpc) is 1.79. The zero-order valence-electron chi connectivity index (χ0n) is 47.3. The van der Waals surface area contributed by atoms with Crippen LogP contribution in [0.5, 0.6) is 0 Å². The van der Waals surface area contributed by atoms with E-state index in [9.17, 15) is 57.2 Å². The van der Waals surface area contributed by atoms with Crippen LogP contribution in [-0.2, 0) is 61.6 Å². The van der Waals surface area contributed by atoms with Crippen molar-refractivity contribution >= 4 is 84.9 Å². The molecule has 9 rings (SSSR count). The van der Waals surface area contributed by atoms with Gasteiger partial charge < -0.3 is 14.9 Å². The Balaban J connectivity index is 0.927. The molecule has 3 aliphatic rings. The molecule has 0 spiro atoms. The first-order valence-electron chi connectivity index (χ1n) is 27.7. The lowest BCUT2D eigenvalue weighted by Crippen LogP contribution is -2.46. The van der Waals surface area contributed by atoms with E-state index in [1.807, 2.05) is 116 Å². The molecular weight excluding hydrogens is 1140 g/mol. The summed E-state index contributed by atoms with van der Waals surface area (Å²) < 4.78 is 136. The second-order valence-corrected chi connectivity index (χ2v) is 29.1. The molecule has 4 N–H and O–H groups in total. The van der Waals surface area contributed by atoms with Gasteiger partial charge in [-0.05, 0) is 109 Å². The molecule has 440 valence electrons. The third-order valence-electron chi connectivity index (χ3n) is 16.7. The number of rotatable bonds is 20. The van der Waals surface area contributed by atoms with Crippen molar-refractivity contribution in [1.29, 1.82) is 0 Å². The maximum absolute atomic E-state index is 14.5. The molecule has 1 amide bonds. The van der Waals surface area contributed by atoms with Crippen molar-refractivity contribution in [2.45, 2.75) is 104 Å². The second kappa shape index (κ2) is 23.2. The largest absolute Gasteiger partial charge is 0.380 e. The van der Waals surface area contributed by atoms with Crippen LogP contribution in [0.15, 0.2) is 166 Å². The molecule has 17 nitrogen and oxygen atoms in total. The predicted octanol–water partition coefficient (Wildman–Crippen LogP) is 9.92. The van der Waals surface area contributed by atoms with Gasteiger partial charge in [0.05, 0.1) is 21.0 Å². The summed E-state index contributed by atoms with van der Waals surface area (Å²) >= 11 is 0. The first-order chi connectivity index (χ1) is 39.0. The molecule has 21 heteroatoms. The SMILES string of the molecule is CCC[N+]1=C(/C=C/C=C/C=C2/N(CCCS(=O)(=O)O)c3ccc4c(S(=O)(=O)O)cc(S(=O)(=O)O)cc4c3C2(C)C)C(C)(C)c2c1ccc1c(S(=O)(=O)N(C)CCCC(=O)N3CCC(C(O)(c4ccccc4)c4ccccc4)CC3)cccc21. The van der Waals surface area contributed by atoms with Crippen molar-refractivity contribution < 1.29 is 61.8 Å². The third-order valence-corrected chi connectivity index (χ3v) is 21.1. The molecule has 0 atom stereocenters. The normalized spacial score (nSPS) is 17.5. The number of carbonyl (C=O) groups is 1. The zero-order valence-corrected chi connectivity index (χ0v) is 50.6. The zero-order chi connectivity index (χ0) is 60.1. The number of aliphatic hydroxyl groups is 1. The van der Waals surface area contributed by atoms with Gasteiger partial charge in [-0.2, -0.15) is 29.8 Å². The lowest BCUT2D eigenvalue weighted by molar-refractivity contribution is -0.437. The molecule has 6 aromatic rings. The molecule has 83 heavy (non-hydrogen) atoms. The van der Waals surface area contributed by atoms with Crippen molar-refractivity contribution in [3.8, 4) is 0 Å². The minimum Gasteiger partial charge on any atom is -0.380 e.